The van der Waals surface area contributed by atoms with E-state index in [0.717, 1.165) is 19.6 Å². The molecule has 0 aromatic carbocycles. The highest BCUT2D eigenvalue weighted by Gasteiger charge is 2.37. The van der Waals surface area contributed by atoms with Gasteiger partial charge >= 0.3 is 0 Å². The zero-order chi connectivity index (χ0) is 12.4. The molecule has 0 unspecified atom stereocenters. The topological polar surface area (TPSA) is 28.2 Å². The van der Waals surface area contributed by atoms with E-state index in [0.29, 0.717) is 5.54 Å². The molecule has 2 aliphatic rings. The van der Waals surface area contributed by atoms with Crippen molar-refractivity contribution in [3.8, 4) is 0 Å². The average Bonchev–Trinajstić information content (AvgIpc) is 2.77. The van der Waals surface area contributed by atoms with Gasteiger partial charge in [0.2, 0.25) is 0 Å². The molecule has 2 fully saturated rings. The number of aromatic nitrogens is 1. The second kappa shape index (κ2) is 4.98. The van der Waals surface area contributed by atoms with Gasteiger partial charge in [-0.25, -0.2) is 0 Å². The lowest BCUT2D eigenvalue weighted by atomic mass is 9.94. The first-order valence-corrected chi connectivity index (χ1v) is 7.14. The van der Waals surface area contributed by atoms with Crippen molar-refractivity contribution in [2.75, 3.05) is 19.6 Å². The minimum absolute atomic E-state index is 0.426. The zero-order valence-electron chi connectivity index (χ0n) is 11.3. The maximum Gasteiger partial charge on any atom is 0.0313 e. The van der Waals surface area contributed by atoms with Crippen molar-refractivity contribution in [1.29, 1.82) is 0 Å². The molecule has 2 heterocycles. The van der Waals surface area contributed by atoms with Gasteiger partial charge in [0.1, 0.15) is 0 Å². The van der Waals surface area contributed by atoms with E-state index in [4.69, 9.17) is 0 Å². The van der Waals surface area contributed by atoms with Crippen molar-refractivity contribution in [1.82, 2.24) is 15.2 Å². The van der Waals surface area contributed by atoms with Gasteiger partial charge in [-0.1, -0.05) is 18.9 Å². The largest absolute Gasteiger partial charge is 0.309 e. The number of rotatable bonds is 2. The van der Waals surface area contributed by atoms with Gasteiger partial charge in [0.05, 0.1) is 0 Å². The van der Waals surface area contributed by atoms with Crippen LogP contribution in [-0.2, 0) is 6.54 Å². The van der Waals surface area contributed by atoms with E-state index >= 15 is 0 Å². The molecule has 1 aromatic heterocycles. The summed E-state index contributed by atoms with van der Waals surface area (Å²) in [5, 5.41) is 3.76. The molecular weight excluding hydrogens is 222 g/mol. The number of nitrogens with zero attached hydrogens (tertiary/aromatic N) is 2. The lowest BCUT2D eigenvalue weighted by Crippen LogP contribution is -2.58. The van der Waals surface area contributed by atoms with Gasteiger partial charge in [0.25, 0.3) is 0 Å². The Morgan fingerprint density at radius 3 is 2.94 bits per heavy atom. The molecule has 1 saturated carbocycles. The minimum atomic E-state index is 0.426. The lowest BCUT2D eigenvalue weighted by Gasteiger charge is -2.41. The fraction of sp³-hybridized carbons (Fsp3) is 0.667. The van der Waals surface area contributed by atoms with Gasteiger partial charge in [0, 0.05) is 44.1 Å². The Morgan fingerprint density at radius 1 is 1.33 bits per heavy atom. The van der Waals surface area contributed by atoms with E-state index in [1.54, 1.807) is 0 Å². The molecule has 1 aliphatic carbocycles. The van der Waals surface area contributed by atoms with Crippen molar-refractivity contribution in [2.24, 2.45) is 0 Å². The van der Waals surface area contributed by atoms with Crippen LogP contribution in [0.1, 0.15) is 36.8 Å². The predicted molar refractivity (Wildman–Crippen MR) is 73.5 cm³/mol. The van der Waals surface area contributed by atoms with Crippen molar-refractivity contribution in [3.05, 3.63) is 29.6 Å². The van der Waals surface area contributed by atoms with Crippen molar-refractivity contribution >= 4 is 0 Å². The summed E-state index contributed by atoms with van der Waals surface area (Å²) < 4.78 is 0. The maximum atomic E-state index is 4.30. The molecule has 0 bridgehead atoms. The number of pyridine rings is 1. The maximum absolute atomic E-state index is 4.30. The molecule has 1 saturated heterocycles. The summed E-state index contributed by atoms with van der Waals surface area (Å²) in [5.74, 6) is 0. The fourth-order valence-electron chi connectivity index (χ4n) is 3.53. The Morgan fingerprint density at radius 2 is 2.17 bits per heavy atom. The summed E-state index contributed by atoms with van der Waals surface area (Å²) in [4.78, 5) is 6.89. The molecule has 3 nitrogen and oxygen atoms in total. The molecule has 1 aliphatic heterocycles. The van der Waals surface area contributed by atoms with Crippen LogP contribution in [0.25, 0.3) is 0 Å². The van der Waals surface area contributed by atoms with Crippen molar-refractivity contribution < 1.29 is 0 Å². The van der Waals surface area contributed by atoms with Gasteiger partial charge in [-0.3, -0.25) is 9.88 Å². The number of hydrogen-bond donors (Lipinski definition) is 1. The Bertz CT molecular complexity index is 410. The Labute approximate surface area is 110 Å². The van der Waals surface area contributed by atoms with E-state index in [1.807, 2.05) is 12.4 Å². The van der Waals surface area contributed by atoms with E-state index < -0.39 is 0 Å². The van der Waals surface area contributed by atoms with Crippen LogP contribution in [-0.4, -0.2) is 35.1 Å². The van der Waals surface area contributed by atoms with Crippen LogP contribution < -0.4 is 5.32 Å². The molecule has 0 atom stereocenters. The summed E-state index contributed by atoms with van der Waals surface area (Å²) in [6, 6.07) is 2.26. The summed E-state index contributed by atoms with van der Waals surface area (Å²) >= 11 is 0. The highest BCUT2D eigenvalue weighted by Crippen LogP contribution is 2.32. The van der Waals surface area contributed by atoms with Gasteiger partial charge < -0.3 is 5.32 Å². The molecule has 98 valence electrons. The highest BCUT2D eigenvalue weighted by atomic mass is 15.2. The third-order valence-corrected chi connectivity index (χ3v) is 4.35. The van der Waals surface area contributed by atoms with Crippen LogP contribution in [0.4, 0.5) is 0 Å². The first-order valence-electron chi connectivity index (χ1n) is 7.14. The molecular formula is C15H23N3. The lowest BCUT2D eigenvalue weighted by molar-refractivity contribution is 0.128. The molecule has 3 heteroatoms. The van der Waals surface area contributed by atoms with Crippen LogP contribution in [0.3, 0.4) is 0 Å². The Balaban J connectivity index is 1.66. The van der Waals surface area contributed by atoms with Gasteiger partial charge in [0.15, 0.2) is 0 Å². The fourth-order valence-corrected chi connectivity index (χ4v) is 3.53. The Kier molecular flexibility index (Phi) is 3.35. The molecule has 0 amide bonds. The van der Waals surface area contributed by atoms with Crippen LogP contribution >= 0.6 is 0 Å². The number of piperazine rings is 1. The molecule has 0 radical (unpaired) electrons. The number of aryl methyl sites for hydroxylation is 1. The van der Waals surface area contributed by atoms with Crippen LogP contribution in [0.5, 0.6) is 0 Å². The molecule has 18 heavy (non-hydrogen) atoms. The monoisotopic (exact) mass is 245 g/mol. The van der Waals surface area contributed by atoms with Gasteiger partial charge in [-0.15, -0.1) is 0 Å². The quantitative estimate of drug-likeness (QED) is 0.865. The third-order valence-electron chi connectivity index (χ3n) is 4.35. The third kappa shape index (κ3) is 2.57. The number of hydrogen-bond acceptors (Lipinski definition) is 3. The van der Waals surface area contributed by atoms with Crippen LogP contribution in [0.15, 0.2) is 18.5 Å². The van der Waals surface area contributed by atoms with E-state index in [-0.39, 0.29) is 0 Å². The SMILES string of the molecule is Cc1cncc(CN2CCNC3(CCCC3)C2)c1. The summed E-state index contributed by atoms with van der Waals surface area (Å²) in [6.45, 7) is 6.68. The van der Waals surface area contributed by atoms with E-state index in [1.165, 1.54) is 43.4 Å². The van der Waals surface area contributed by atoms with E-state index in [9.17, 15) is 0 Å². The van der Waals surface area contributed by atoms with Crippen LogP contribution in [0.2, 0.25) is 0 Å². The summed E-state index contributed by atoms with van der Waals surface area (Å²) in [7, 11) is 0. The highest BCUT2D eigenvalue weighted by molar-refractivity contribution is 5.16. The van der Waals surface area contributed by atoms with Crippen LogP contribution in [0, 0.1) is 6.92 Å². The molecule has 1 N–H and O–H groups in total. The minimum Gasteiger partial charge on any atom is -0.309 e. The van der Waals surface area contributed by atoms with Gasteiger partial charge in [-0.2, -0.15) is 0 Å². The van der Waals surface area contributed by atoms with Crippen molar-refractivity contribution in [3.63, 3.8) is 0 Å². The summed E-state index contributed by atoms with van der Waals surface area (Å²) in [5.41, 5.74) is 3.04. The number of nitrogens with one attached hydrogen (secondary N) is 1. The average molecular weight is 245 g/mol. The summed E-state index contributed by atoms with van der Waals surface area (Å²) in [6.07, 6.45) is 9.45. The normalized spacial score (nSPS) is 23.6. The molecule has 1 aromatic rings. The Hall–Kier alpha value is -0.930. The molecule has 3 rings (SSSR count). The predicted octanol–water partition coefficient (Wildman–Crippen LogP) is 2.11. The second-order valence-electron chi connectivity index (χ2n) is 6.00. The molecule has 1 spiro atoms. The first-order chi connectivity index (χ1) is 8.76. The standard InChI is InChI=1S/C15H23N3/c1-13-8-14(10-16-9-13)11-18-7-6-17-15(12-18)4-2-3-5-15/h8-10,17H,2-7,11-12H2,1H3. The zero-order valence-corrected chi connectivity index (χ0v) is 11.3. The van der Waals surface area contributed by atoms with Gasteiger partial charge in [-0.05, 0) is 30.9 Å². The first kappa shape index (κ1) is 12.1. The van der Waals surface area contributed by atoms with Crippen molar-refractivity contribution in [2.45, 2.75) is 44.7 Å². The smallest absolute Gasteiger partial charge is 0.0313 e. The second-order valence-corrected chi connectivity index (χ2v) is 6.00. The van der Waals surface area contributed by atoms with E-state index in [2.05, 4.69) is 28.2 Å².